The molecule has 0 radical (unpaired) electrons. The van der Waals surface area contributed by atoms with Gasteiger partial charge in [-0.3, -0.25) is 5.41 Å². The van der Waals surface area contributed by atoms with Crippen LogP contribution in [0.25, 0.3) is 0 Å². The first-order valence-electron chi connectivity index (χ1n) is 9.68. The van der Waals surface area contributed by atoms with Crippen LogP contribution < -0.4 is 5.32 Å². The Morgan fingerprint density at radius 3 is 2.58 bits per heavy atom. The van der Waals surface area contributed by atoms with Crippen molar-refractivity contribution < 1.29 is 9.53 Å². The van der Waals surface area contributed by atoms with Gasteiger partial charge in [0.15, 0.2) is 0 Å². The van der Waals surface area contributed by atoms with Crippen molar-refractivity contribution in [3.05, 3.63) is 92.4 Å². The molecule has 2 N–H and O–H groups in total. The SMILES string of the molecule is CCOC(=O)c1c(Br)cc(C(=N)c2ccc(Cl)cc2NC)cc1SCc1ccccc1. The third-order valence-corrected chi connectivity index (χ3v) is 6.55. The van der Waals surface area contributed by atoms with Crippen LogP contribution in [0.5, 0.6) is 0 Å². The van der Waals surface area contributed by atoms with E-state index in [1.807, 2.05) is 42.5 Å². The largest absolute Gasteiger partial charge is 0.462 e. The van der Waals surface area contributed by atoms with Crippen molar-refractivity contribution in [2.24, 2.45) is 0 Å². The van der Waals surface area contributed by atoms with Gasteiger partial charge in [0.1, 0.15) is 0 Å². The summed E-state index contributed by atoms with van der Waals surface area (Å²) in [7, 11) is 1.79. The summed E-state index contributed by atoms with van der Waals surface area (Å²) < 4.78 is 5.88. The highest BCUT2D eigenvalue weighted by Crippen LogP contribution is 2.35. The Labute approximate surface area is 200 Å². The van der Waals surface area contributed by atoms with Gasteiger partial charge in [-0.1, -0.05) is 41.9 Å². The zero-order chi connectivity index (χ0) is 22.4. The van der Waals surface area contributed by atoms with Crippen LogP contribution in [0, 0.1) is 5.41 Å². The summed E-state index contributed by atoms with van der Waals surface area (Å²) in [5.41, 5.74) is 4.13. The Morgan fingerprint density at radius 2 is 1.90 bits per heavy atom. The number of thioether (sulfide) groups is 1. The van der Waals surface area contributed by atoms with E-state index in [0.717, 1.165) is 21.7 Å². The first-order chi connectivity index (χ1) is 14.9. The fourth-order valence-corrected chi connectivity index (χ4v) is 5.06. The Kier molecular flexibility index (Phi) is 8.18. The summed E-state index contributed by atoms with van der Waals surface area (Å²) in [5, 5.41) is 12.5. The summed E-state index contributed by atoms with van der Waals surface area (Å²) in [6.07, 6.45) is 0. The summed E-state index contributed by atoms with van der Waals surface area (Å²) in [4.78, 5) is 13.4. The first kappa shape index (κ1) is 23.4. The van der Waals surface area contributed by atoms with E-state index >= 15 is 0 Å². The van der Waals surface area contributed by atoms with E-state index < -0.39 is 0 Å². The predicted molar refractivity (Wildman–Crippen MR) is 133 cm³/mol. The number of carbonyl (C=O) groups excluding carboxylic acids is 1. The molecule has 0 unspecified atom stereocenters. The van der Waals surface area contributed by atoms with Gasteiger partial charge < -0.3 is 10.1 Å². The van der Waals surface area contributed by atoms with E-state index in [2.05, 4.69) is 21.2 Å². The number of halogens is 2. The monoisotopic (exact) mass is 516 g/mol. The maximum Gasteiger partial charge on any atom is 0.340 e. The smallest absolute Gasteiger partial charge is 0.340 e. The molecule has 31 heavy (non-hydrogen) atoms. The van der Waals surface area contributed by atoms with Gasteiger partial charge >= 0.3 is 5.97 Å². The van der Waals surface area contributed by atoms with Gasteiger partial charge in [-0.2, -0.15) is 0 Å². The van der Waals surface area contributed by atoms with E-state index in [9.17, 15) is 4.79 Å². The number of benzene rings is 3. The van der Waals surface area contributed by atoms with E-state index in [1.165, 1.54) is 0 Å². The van der Waals surface area contributed by atoms with Gasteiger partial charge in [-0.25, -0.2) is 4.79 Å². The van der Waals surface area contributed by atoms with E-state index in [4.69, 9.17) is 21.7 Å². The van der Waals surface area contributed by atoms with Gasteiger partial charge in [0.05, 0.1) is 17.9 Å². The van der Waals surface area contributed by atoms with Crippen LogP contribution in [0.15, 0.2) is 70.0 Å². The van der Waals surface area contributed by atoms with Crippen LogP contribution >= 0.6 is 39.3 Å². The van der Waals surface area contributed by atoms with Gasteiger partial charge in [0, 0.05) is 44.0 Å². The fourth-order valence-electron chi connectivity index (χ4n) is 3.07. The Hall–Kier alpha value is -2.28. The van der Waals surface area contributed by atoms with Crippen LogP contribution in [0.3, 0.4) is 0 Å². The van der Waals surface area contributed by atoms with Crippen LogP contribution in [0.1, 0.15) is 34.0 Å². The van der Waals surface area contributed by atoms with Crippen LogP contribution in [0.2, 0.25) is 5.02 Å². The molecule has 7 heteroatoms. The van der Waals surface area contributed by atoms with Gasteiger partial charge in [0.2, 0.25) is 0 Å². The Morgan fingerprint density at radius 1 is 1.16 bits per heavy atom. The third kappa shape index (κ3) is 5.70. The standard InChI is InChI=1S/C24H22BrClN2O2S/c1-3-30-24(29)22-19(25)11-16(12-21(22)31-14-15-7-5-4-6-8-15)23(27)18-10-9-17(26)13-20(18)28-2/h4-13,27-28H,3,14H2,1-2H3. The molecular formula is C24H22BrClN2O2S. The normalized spacial score (nSPS) is 10.6. The molecule has 0 saturated heterocycles. The highest BCUT2D eigenvalue weighted by atomic mass is 79.9. The molecule has 0 heterocycles. The summed E-state index contributed by atoms with van der Waals surface area (Å²) in [5.74, 6) is 0.310. The third-order valence-electron chi connectivity index (χ3n) is 4.58. The molecule has 0 fully saturated rings. The molecule has 0 aliphatic carbocycles. The number of hydrogen-bond acceptors (Lipinski definition) is 5. The molecule has 0 aliphatic rings. The van der Waals surface area contributed by atoms with Crippen molar-refractivity contribution in [2.45, 2.75) is 17.6 Å². The van der Waals surface area contributed by atoms with Crippen LogP contribution in [-0.2, 0) is 10.5 Å². The molecule has 3 aromatic carbocycles. The molecule has 3 aromatic rings. The summed E-state index contributed by atoms with van der Waals surface area (Å²) in [6, 6.07) is 19.1. The molecule has 0 aliphatic heterocycles. The second-order valence-corrected chi connectivity index (χ2v) is 8.95. The number of hydrogen-bond donors (Lipinski definition) is 2. The average molecular weight is 518 g/mol. The predicted octanol–water partition coefficient (Wildman–Crippen LogP) is 7.03. The fraction of sp³-hybridized carbons (Fsp3) is 0.167. The maximum atomic E-state index is 12.6. The zero-order valence-electron chi connectivity index (χ0n) is 17.2. The Balaban J connectivity index is 2.03. The molecule has 160 valence electrons. The maximum absolute atomic E-state index is 12.6. The number of nitrogens with one attached hydrogen (secondary N) is 2. The minimum Gasteiger partial charge on any atom is -0.462 e. The lowest BCUT2D eigenvalue weighted by Gasteiger charge is -2.16. The van der Waals surface area contributed by atoms with Crippen LogP contribution in [0.4, 0.5) is 5.69 Å². The lowest BCUT2D eigenvalue weighted by atomic mass is 9.99. The number of anilines is 1. The Bertz CT molecular complexity index is 1110. The second kappa shape index (κ2) is 10.8. The van der Waals surface area contributed by atoms with Crippen molar-refractivity contribution in [1.82, 2.24) is 0 Å². The zero-order valence-corrected chi connectivity index (χ0v) is 20.3. The summed E-state index contributed by atoms with van der Waals surface area (Å²) >= 11 is 11.2. The summed E-state index contributed by atoms with van der Waals surface area (Å²) in [6.45, 7) is 2.08. The number of esters is 1. The quantitative estimate of drug-likeness (QED) is 0.191. The number of rotatable bonds is 8. The lowest BCUT2D eigenvalue weighted by Crippen LogP contribution is -2.11. The number of ether oxygens (including phenoxy) is 1. The van der Waals surface area contributed by atoms with Crippen molar-refractivity contribution in [2.75, 3.05) is 19.0 Å². The van der Waals surface area contributed by atoms with E-state index in [-0.39, 0.29) is 5.97 Å². The highest BCUT2D eigenvalue weighted by molar-refractivity contribution is 9.10. The molecular weight excluding hydrogens is 496 g/mol. The van der Waals surface area contributed by atoms with E-state index in [0.29, 0.717) is 38.7 Å². The van der Waals surface area contributed by atoms with Gasteiger partial charge in [-0.15, -0.1) is 11.8 Å². The molecule has 4 nitrogen and oxygen atoms in total. The molecule has 3 rings (SSSR count). The minimum atomic E-state index is -0.384. The van der Waals surface area contributed by atoms with Crippen LogP contribution in [-0.4, -0.2) is 25.3 Å². The minimum absolute atomic E-state index is 0.294. The van der Waals surface area contributed by atoms with E-state index in [1.54, 1.807) is 43.9 Å². The molecule has 0 aromatic heterocycles. The van der Waals surface area contributed by atoms with Gasteiger partial charge in [0.25, 0.3) is 0 Å². The molecule has 0 bridgehead atoms. The van der Waals surface area contributed by atoms with Gasteiger partial charge in [-0.05, 0) is 58.7 Å². The highest BCUT2D eigenvalue weighted by Gasteiger charge is 2.21. The molecule has 0 spiro atoms. The van der Waals surface area contributed by atoms with Crippen molar-refractivity contribution in [3.8, 4) is 0 Å². The molecule has 0 saturated carbocycles. The topological polar surface area (TPSA) is 62.2 Å². The van der Waals surface area contributed by atoms with Crippen molar-refractivity contribution >= 4 is 56.7 Å². The molecule has 0 atom stereocenters. The molecule has 0 amide bonds. The number of carbonyl (C=O) groups is 1. The first-order valence-corrected chi connectivity index (χ1v) is 11.8. The van der Waals surface area contributed by atoms with Crippen molar-refractivity contribution in [3.63, 3.8) is 0 Å². The average Bonchev–Trinajstić information content (AvgIpc) is 2.77. The lowest BCUT2D eigenvalue weighted by molar-refractivity contribution is 0.0521. The second-order valence-electron chi connectivity index (χ2n) is 6.64. The van der Waals surface area contributed by atoms with Crippen molar-refractivity contribution in [1.29, 1.82) is 5.41 Å².